The zero-order valence-electron chi connectivity index (χ0n) is 21.4. The van der Waals surface area contributed by atoms with Crippen molar-refractivity contribution in [3.63, 3.8) is 0 Å². The molecule has 1 aromatic heterocycles. The van der Waals surface area contributed by atoms with E-state index in [4.69, 9.17) is 15.5 Å². The molecule has 4 rings (SSSR count). The van der Waals surface area contributed by atoms with E-state index in [1.807, 2.05) is 25.1 Å². The van der Waals surface area contributed by atoms with Crippen LogP contribution >= 0.6 is 34.9 Å². The van der Waals surface area contributed by atoms with Crippen LogP contribution in [-0.4, -0.2) is 86.2 Å². The van der Waals surface area contributed by atoms with Crippen LogP contribution in [0.25, 0.3) is 10.2 Å². The highest BCUT2D eigenvalue weighted by atomic mass is 32.2. The van der Waals surface area contributed by atoms with Crippen molar-refractivity contribution < 1.29 is 24.9 Å². The number of nitrogens with two attached hydrogens (primary N) is 1. The van der Waals surface area contributed by atoms with Crippen LogP contribution in [0.2, 0.25) is 0 Å². The number of amides is 1. The highest BCUT2D eigenvalue weighted by Gasteiger charge is 2.48. The third-order valence-corrected chi connectivity index (χ3v) is 10.4. The van der Waals surface area contributed by atoms with Gasteiger partial charge in [-0.05, 0) is 49.8 Å². The summed E-state index contributed by atoms with van der Waals surface area (Å²) in [6, 6.07) is 4.61. The lowest BCUT2D eigenvalue weighted by Gasteiger charge is -2.44. The molecule has 9 atom stereocenters. The maximum atomic E-state index is 13.5. The summed E-state index contributed by atoms with van der Waals surface area (Å²) in [5.74, 6) is 0.351. The number of anilines is 1. The minimum Gasteiger partial charge on any atom is -0.399 e. The molecule has 2 saturated heterocycles. The van der Waals surface area contributed by atoms with E-state index in [-0.39, 0.29) is 17.2 Å². The molecular weight excluding hydrogens is 532 g/mol. The smallest absolute Gasteiger partial charge is 0.237 e. The number of nitrogens with zero attached hydrogens (tertiary/aromatic N) is 1. The van der Waals surface area contributed by atoms with Gasteiger partial charge in [0.15, 0.2) is 4.34 Å². The Morgan fingerprint density at radius 1 is 1.32 bits per heavy atom. The number of aliphatic hydroxyl groups excluding tert-OH is 3. The Bertz CT molecular complexity index is 1050. The van der Waals surface area contributed by atoms with Crippen molar-refractivity contribution in [3.05, 3.63) is 18.2 Å². The maximum Gasteiger partial charge on any atom is 0.237 e. The molecule has 2 aliphatic rings. The molecule has 206 valence electrons. The van der Waals surface area contributed by atoms with Gasteiger partial charge in [-0.1, -0.05) is 38.5 Å². The van der Waals surface area contributed by atoms with Crippen LogP contribution < -0.4 is 16.4 Å². The van der Waals surface area contributed by atoms with Crippen LogP contribution in [0.15, 0.2) is 22.5 Å². The average Bonchev–Trinajstić information content (AvgIpc) is 3.27. The van der Waals surface area contributed by atoms with Crippen molar-refractivity contribution in [2.45, 2.75) is 91.1 Å². The van der Waals surface area contributed by atoms with E-state index in [0.717, 1.165) is 46.8 Å². The minimum atomic E-state index is -1.39. The summed E-state index contributed by atoms with van der Waals surface area (Å²) < 4.78 is 7.87. The second-order valence-corrected chi connectivity index (χ2v) is 13.5. The molecule has 2 aromatic rings. The van der Waals surface area contributed by atoms with Crippen LogP contribution in [0.5, 0.6) is 0 Å². The summed E-state index contributed by atoms with van der Waals surface area (Å²) in [6.07, 6.45) is 0.860. The number of nitrogens with one attached hydrogen (secondary N) is 2. The number of piperidine rings is 1. The van der Waals surface area contributed by atoms with Gasteiger partial charge in [-0.15, -0.1) is 23.1 Å². The molecule has 0 bridgehead atoms. The molecular formula is C25H38N4O5S3. The first kappa shape index (κ1) is 28.9. The van der Waals surface area contributed by atoms with Crippen molar-refractivity contribution >= 4 is 56.7 Å². The van der Waals surface area contributed by atoms with Crippen molar-refractivity contribution in [1.29, 1.82) is 0 Å². The average molecular weight is 571 g/mol. The Morgan fingerprint density at radius 3 is 2.84 bits per heavy atom. The van der Waals surface area contributed by atoms with Gasteiger partial charge in [0, 0.05) is 10.9 Å². The predicted molar refractivity (Wildman–Crippen MR) is 151 cm³/mol. The molecule has 0 spiro atoms. The van der Waals surface area contributed by atoms with Gasteiger partial charge in [0.1, 0.15) is 29.9 Å². The van der Waals surface area contributed by atoms with Gasteiger partial charge in [-0.2, -0.15) is 0 Å². The molecule has 12 heteroatoms. The number of benzene rings is 1. The van der Waals surface area contributed by atoms with E-state index < -0.39 is 35.9 Å². The van der Waals surface area contributed by atoms with E-state index in [1.165, 1.54) is 34.9 Å². The summed E-state index contributed by atoms with van der Waals surface area (Å²) in [7, 11) is 0. The SMILES string of the molecule is CCC[C@H]1CCNC(C(=O)N[C@H](C2OC(SC)C(O)C(O)C2O)[C@@H](C)Sc2nc3ccc(N)cc3s2)C1. The first-order chi connectivity index (χ1) is 17.7. The molecule has 0 radical (unpaired) electrons. The van der Waals surface area contributed by atoms with Crippen LogP contribution in [0.3, 0.4) is 0 Å². The number of aliphatic hydroxyl groups is 3. The Kier molecular flexibility index (Phi) is 10.0. The van der Waals surface area contributed by atoms with E-state index in [0.29, 0.717) is 11.6 Å². The van der Waals surface area contributed by atoms with Gasteiger partial charge >= 0.3 is 0 Å². The monoisotopic (exact) mass is 570 g/mol. The minimum absolute atomic E-state index is 0.146. The molecule has 1 amide bonds. The predicted octanol–water partition coefficient (Wildman–Crippen LogP) is 2.18. The van der Waals surface area contributed by atoms with Gasteiger partial charge in [0.25, 0.3) is 0 Å². The van der Waals surface area contributed by atoms with E-state index in [9.17, 15) is 20.1 Å². The molecule has 2 aliphatic heterocycles. The lowest BCUT2D eigenvalue weighted by atomic mass is 9.88. The van der Waals surface area contributed by atoms with Crippen molar-refractivity contribution in [2.24, 2.45) is 5.92 Å². The number of nitrogen functional groups attached to an aromatic ring is 1. The number of aromatic nitrogens is 1. The van der Waals surface area contributed by atoms with E-state index in [1.54, 1.807) is 6.26 Å². The number of carbonyl (C=O) groups excluding carboxylic acids is 1. The van der Waals surface area contributed by atoms with Gasteiger partial charge in [0.2, 0.25) is 5.91 Å². The second kappa shape index (κ2) is 12.8. The standard InChI is InChI=1S/C25H38N4O5S3/c1-4-5-13-8-9-27-16(10-13)23(33)29-18(22-20(31)19(30)21(32)24(34-22)35-3)12(2)36-25-28-15-7-6-14(26)11-17(15)37-25/h6-7,11-13,16,18-22,24,27,30-32H,4-5,8-10,26H2,1-3H3,(H,29,33)/t12-,13+,16?,18+,19?,20?,21?,22?,24?/m1/s1. The second-order valence-electron chi connectivity index (χ2n) is 9.93. The molecule has 7 N–H and O–H groups in total. The first-order valence-corrected chi connectivity index (χ1v) is 15.8. The first-order valence-electron chi connectivity index (χ1n) is 12.8. The normalized spacial score (nSPS) is 32.2. The Balaban J connectivity index is 1.56. The van der Waals surface area contributed by atoms with Gasteiger partial charge < -0.3 is 36.4 Å². The highest BCUT2D eigenvalue weighted by Crippen LogP contribution is 2.37. The molecule has 37 heavy (non-hydrogen) atoms. The number of rotatable bonds is 9. The lowest BCUT2D eigenvalue weighted by molar-refractivity contribution is -0.205. The summed E-state index contributed by atoms with van der Waals surface area (Å²) in [6.45, 7) is 4.90. The summed E-state index contributed by atoms with van der Waals surface area (Å²) in [5, 5.41) is 38.1. The van der Waals surface area contributed by atoms with Crippen LogP contribution in [0, 0.1) is 5.92 Å². The van der Waals surface area contributed by atoms with Crippen molar-refractivity contribution in [1.82, 2.24) is 15.6 Å². The zero-order chi connectivity index (χ0) is 26.7. The molecule has 0 aliphatic carbocycles. The molecule has 6 unspecified atom stereocenters. The Hall–Kier alpha value is -1.12. The third kappa shape index (κ3) is 6.73. The van der Waals surface area contributed by atoms with Crippen LogP contribution in [-0.2, 0) is 9.53 Å². The maximum absolute atomic E-state index is 13.5. The number of thiazole rings is 1. The van der Waals surface area contributed by atoms with Gasteiger partial charge in [-0.25, -0.2) is 4.98 Å². The molecule has 0 saturated carbocycles. The fraction of sp³-hybridized carbons (Fsp3) is 0.680. The van der Waals surface area contributed by atoms with Crippen LogP contribution in [0.4, 0.5) is 5.69 Å². The van der Waals surface area contributed by atoms with E-state index >= 15 is 0 Å². The molecule has 9 nitrogen and oxygen atoms in total. The number of ether oxygens (including phenoxy) is 1. The lowest BCUT2D eigenvalue weighted by Crippen LogP contribution is -2.65. The molecule has 2 fully saturated rings. The zero-order valence-corrected chi connectivity index (χ0v) is 23.8. The summed E-state index contributed by atoms with van der Waals surface area (Å²) in [5.41, 5.74) is 6.71. The van der Waals surface area contributed by atoms with Crippen molar-refractivity contribution in [2.75, 3.05) is 18.5 Å². The Labute approximate surface area is 230 Å². The Morgan fingerprint density at radius 2 is 2.11 bits per heavy atom. The van der Waals surface area contributed by atoms with Crippen LogP contribution in [0.1, 0.15) is 39.5 Å². The van der Waals surface area contributed by atoms with E-state index in [2.05, 4.69) is 17.6 Å². The summed E-state index contributed by atoms with van der Waals surface area (Å²) >= 11 is 4.25. The number of hydrogen-bond acceptors (Lipinski definition) is 11. The summed E-state index contributed by atoms with van der Waals surface area (Å²) in [4.78, 5) is 18.2. The number of hydrogen-bond donors (Lipinski definition) is 6. The van der Waals surface area contributed by atoms with Crippen molar-refractivity contribution in [3.8, 4) is 0 Å². The highest BCUT2D eigenvalue weighted by molar-refractivity contribution is 8.01. The topological polar surface area (TPSA) is 150 Å². The van der Waals surface area contributed by atoms with Gasteiger partial charge in [-0.3, -0.25) is 4.79 Å². The number of carbonyl (C=O) groups is 1. The third-order valence-electron chi connectivity index (χ3n) is 7.21. The number of fused-ring (bicyclic) bond motifs is 1. The fourth-order valence-electron chi connectivity index (χ4n) is 5.17. The van der Waals surface area contributed by atoms with Gasteiger partial charge in [0.05, 0.1) is 22.3 Å². The quantitative estimate of drug-likeness (QED) is 0.196. The largest absolute Gasteiger partial charge is 0.399 e. The fourth-order valence-corrected chi connectivity index (χ4v) is 8.35. The molecule has 1 aromatic carbocycles. The number of thioether (sulfide) groups is 2. The molecule has 3 heterocycles.